The summed E-state index contributed by atoms with van der Waals surface area (Å²) in [5.74, 6) is -0.617. The van der Waals surface area contributed by atoms with E-state index in [0.29, 0.717) is 6.61 Å². The van der Waals surface area contributed by atoms with Crippen LogP contribution in [0.4, 0.5) is 0 Å². The molecule has 4 aromatic carbocycles. The van der Waals surface area contributed by atoms with Gasteiger partial charge in [-0.25, -0.2) is 4.79 Å². The number of benzene rings is 4. The van der Waals surface area contributed by atoms with Gasteiger partial charge < -0.3 is 4.74 Å². The minimum atomic E-state index is -0.745. The molecule has 1 atom stereocenters. The third-order valence-electron chi connectivity index (χ3n) is 5.52. The van der Waals surface area contributed by atoms with Crippen LogP contribution < -0.4 is 0 Å². The van der Waals surface area contributed by atoms with Crippen molar-refractivity contribution in [3.63, 3.8) is 0 Å². The van der Waals surface area contributed by atoms with Gasteiger partial charge in [0.15, 0.2) is 6.04 Å². The Bertz CT molecular complexity index is 1090. The second kappa shape index (κ2) is 11.1. The van der Waals surface area contributed by atoms with Gasteiger partial charge in [-0.3, -0.25) is 4.99 Å². The molecule has 33 heavy (non-hydrogen) atoms. The Morgan fingerprint density at radius 3 is 1.45 bits per heavy atom. The smallest absolute Gasteiger partial charge is 0.331 e. The van der Waals surface area contributed by atoms with E-state index in [1.807, 2.05) is 128 Å². The lowest BCUT2D eigenvalue weighted by Gasteiger charge is -2.25. The predicted octanol–water partition coefficient (Wildman–Crippen LogP) is 6.29. The molecule has 4 rings (SSSR count). The maximum Gasteiger partial charge on any atom is 0.331 e. The van der Waals surface area contributed by atoms with Crippen molar-refractivity contribution in [1.82, 2.24) is 0 Å². The summed E-state index contributed by atoms with van der Waals surface area (Å²) in [4.78, 5) is 18.5. The summed E-state index contributed by atoms with van der Waals surface area (Å²) >= 11 is 0. The van der Waals surface area contributed by atoms with Crippen molar-refractivity contribution in [2.24, 2.45) is 4.99 Å². The molecule has 4 aromatic rings. The van der Waals surface area contributed by atoms with Crippen molar-refractivity contribution < 1.29 is 9.53 Å². The van der Waals surface area contributed by atoms with E-state index in [0.717, 1.165) is 28.0 Å². The average Bonchev–Trinajstić information content (AvgIpc) is 2.89. The maximum atomic E-state index is 13.4. The second-order valence-electron chi connectivity index (χ2n) is 7.71. The number of carbonyl (C=O) groups is 1. The van der Waals surface area contributed by atoms with E-state index in [1.165, 1.54) is 0 Å². The number of rotatable bonds is 8. The van der Waals surface area contributed by atoms with Gasteiger partial charge in [0, 0.05) is 17.0 Å². The zero-order valence-corrected chi connectivity index (χ0v) is 18.7. The number of nitrogens with zero attached hydrogens (tertiary/aromatic N) is 1. The molecule has 164 valence electrons. The lowest BCUT2D eigenvalue weighted by Crippen LogP contribution is -2.31. The molecule has 0 aromatic heterocycles. The summed E-state index contributed by atoms with van der Waals surface area (Å²) in [7, 11) is 0. The van der Waals surface area contributed by atoms with Crippen LogP contribution in [0.1, 0.15) is 35.1 Å². The summed E-state index contributed by atoms with van der Waals surface area (Å²) < 4.78 is 5.55. The molecule has 0 N–H and O–H groups in total. The minimum Gasteiger partial charge on any atom is -0.464 e. The Hall–Kier alpha value is -3.98. The second-order valence-corrected chi connectivity index (χ2v) is 7.71. The average molecular weight is 434 g/mol. The highest BCUT2D eigenvalue weighted by molar-refractivity contribution is 6.13. The van der Waals surface area contributed by atoms with Crippen LogP contribution in [0.2, 0.25) is 0 Å². The highest BCUT2D eigenvalue weighted by Gasteiger charge is 2.32. The summed E-state index contributed by atoms with van der Waals surface area (Å²) in [5, 5.41) is 0. The normalized spacial score (nSPS) is 11.6. The monoisotopic (exact) mass is 433 g/mol. The summed E-state index contributed by atoms with van der Waals surface area (Å²) in [6, 6.07) is 39.4. The van der Waals surface area contributed by atoms with Crippen LogP contribution in [-0.4, -0.2) is 24.3 Å². The van der Waals surface area contributed by atoms with Gasteiger partial charge in [-0.1, -0.05) is 121 Å². The van der Waals surface area contributed by atoms with Gasteiger partial charge in [0.25, 0.3) is 0 Å². The molecule has 0 aliphatic heterocycles. The molecule has 1 unspecified atom stereocenters. The van der Waals surface area contributed by atoms with Crippen molar-refractivity contribution in [2.45, 2.75) is 18.9 Å². The van der Waals surface area contributed by atoms with E-state index in [2.05, 4.69) is 0 Å². The highest BCUT2D eigenvalue weighted by atomic mass is 16.5. The van der Waals surface area contributed by atoms with Crippen LogP contribution in [0, 0.1) is 0 Å². The molecule has 0 aliphatic rings. The van der Waals surface area contributed by atoms with Crippen molar-refractivity contribution in [1.29, 1.82) is 0 Å². The highest BCUT2D eigenvalue weighted by Crippen LogP contribution is 2.31. The molecule has 0 saturated heterocycles. The molecule has 0 bridgehead atoms. The van der Waals surface area contributed by atoms with E-state index in [9.17, 15) is 4.79 Å². The summed E-state index contributed by atoms with van der Waals surface area (Å²) in [6.07, 6.45) is 0. The van der Waals surface area contributed by atoms with Crippen LogP contribution in [0.3, 0.4) is 0 Å². The molecule has 0 fully saturated rings. The third kappa shape index (κ3) is 5.45. The zero-order chi connectivity index (χ0) is 22.9. The fourth-order valence-corrected chi connectivity index (χ4v) is 4.02. The van der Waals surface area contributed by atoms with Crippen molar-refractivity contribution >= 4 is 11.7 Å². The van der Waals surface area contributed by atoms with Gasteiger partial charge in [-0.15, -0.1) is 0 Å². The van der Waals surface area contributed by atoms with Gasteiger partial charge in [0.05, 0.1) is 12.3 Å². The van der Waals surface area contributed by atoms with E-state index in [4.69, 9.17) is 9.73 Å². The number of esters is 1. The lowest BCUT2D eigenvalue weighted by atomic mass is 9.85. The molecule has 0 radical (unpaired) electrons. The van der Waals surface area contributed by atoms with Crippen LogP contribution in [0.25, 0.3) is 0 Å². The molecular formula is C30H27NO2. The number of carbonyl (C=O) groups excluding carboxylic acids is 1. The fourth-order valence-electron chi connectivity index (χ4n) is 4.02. The maximum absolute atomic E-state index is 13.4. The Kier molecular flexibility index (Phi) is 7.44. The molecule has 3 nitrogen and oxygen atoms in total. The van der Waals surface area contributed by atoms with Gasteiger partial charge in [0.1, 0.15) is 0 Å². The number of hydrogen-bond donors (Lipinski definition) is 0. The van der Waals surface area contributed by atoms with Crippen LogP contribution in [-0.2, 0) is 9.53 Å². The molecular weight excluding hydrogens is 406 g/mol. The number of hydrogen-bond acceptors (Lipinski definition) is 3. The molecule has 0 aliphatic carbocycles. The van der Waals surface area contributed by atoms with Crippen molar-refractivity contribution in [3.05, 3.63) is 144 Å². The SMILES string of the molecule is CCOC(=O)C(N=C(c1ccccc1)c1ccccc1)C(c1ccccc1)c1ccccc1. The van der Waals surface area contributed by atoms with Gasteiger partial charge >= 0.3 is 5.97 Å². The Morgan fingerprint density at radius 2 is 1.06 bits per heavy atom. The topological polar surface area (TPSA) is 38.7 Å². The van der Waals surface area contributed by atoms with Gasteiger partial charge in [-0.05, 0) is 18.1 Å². The van der Waals surface area contributed by atoms with E-state index in [1.54, 1.807) is 0 Å². The number of aliphatic imine (C=N–C) groups is 1. The first-order valence-corrected chi connectivity index (χ1v) is 11.2. The molecule has 0 heterocycles. The minimum absolute atomic E-state index is 0.283. The molecule has 0 amide bonds. The van der Waals surface area contributed by atoms with E-state index in [-0.39, 0.29) is 11.9 Å². The Morgan fingerprint density at radius 1 is 0.667 bits per heavy atom. The molecule has 0 saturated carbocycles. The van der Waals surface area contributed by atoms with Gasteiger partial charge in [0.2, 0.25) is 0 Å². The molecule has 0 spiro atoms. The lowest BCUT2D eigenvalue weighted by molar-refractivity contribution is -0.144. The Balaban J connectivity index is 1.93. The van der Waals surface area contributed by atoms with Crippen molar-refractivity contribution in [2.75, 3.05) is 6.61 Å². The fraction of sp³-hybridized carbons (Fsp3) is 0.133. The first-order chi connectivity index (χ1) is 16.3. The standard InChI is InChI=1S/C30H27NO2/c1-2-33-30(32)29(27(23-15-7-3-8-16-23)24-17-9-4-10-18-24)31-28(25-19-11-5-12-20-25)26-21-13-6-14-22-26/h3-22,27,29H,2H2,1H3. The molecule has 3 heteroatoms. The Labute approximate surface area is 195 Å². The first kappa shape index (κ1) is 22.2. The van der Waals surface area contributed by atoms with Crippen molar-refractivity contribution in [3.8, 4) is 0 Å². The first-order valence-electron chi connectivity index (χ1n) is 11.2. The third-order valence-corrected chi connectivity index (χ3v) is 5.52. The summed E-state index contributed by atoms with van der Waals surface area (Å²) in [6.45, 7) is 2.13. The van der Waals surface area contributed by atoms with Gasteiger partial charge in [-0.2, -0.15) is 0 Å². The summed E-state index contributed by atoms with van der Waals surface area (Å²) in [5.41, 5.74) is 4.72. The van der Waals surface area contributed by atoms with E-state index < -0.39 is 6.04 Å². The quantitative estimate of drug-likeness (QED) is 0.242. The number of ether oxygens (including phenoxy) is 1. The van der Waals surface area contributed by atoms with Crippen LogP contribution >= 0.6 is 0 Å². The largest absolute Gasteiger partial charge is 0.464 e. The zero-order valence-electron chi connectivity index (χ0n) is 18.7. The van der Waals surface area contributed by atoms with Crippen LogP contribution in [0.5, 0.6) is 0 Å². The van der Waals surface area contributed by atoms with E-state index >= 15 is 0 Å². The van der Waals surface area contributed by atoms with Crippen LogP contribution in [0.15, 0.2) is 126 Å². The predicted molar refractivity (Wildman–Crippen MR) is 134 cm³/mol.